The van der Waals surface area contributed by atoms with Gasteiger partial charge in [0.15, 0.2) is 11.0 Å². The average molecular weight is 521 g/mol. The van der Waals surface area contributed by atoms with Crippen molar-refractivity contribution in [2.75, 3.05) is 6.61 Å². The Bertz CT molecular complexity index is 1330. The molecule has 0 fully saturated rings. The van der Waals surface area contributed by atoms with E-state index in [0.717, 1.165) is 27.7 Å². The molecule has 0 radical (unpaired) electrons. The monoisotopic (exact) mass is 520 g/mol. The third-order valence-electron chi connectivity index (χ3n) is 5.80. The van der Waals surface area contributed by atoms with Crippen LogP contribution in [0.25, 0.3) is 5.69 Å². The number of hydrogen-bond acceptors (Lipinski definition) is 5. The van der Waals surface area contributed by atoms with Crippen molar-refractivity contribution < 1.29 is 9.53 Å². The fraction of sp³-hybridized carbons (Fsp3) is 0.250. The molecular formula is C28H29ClN4O2S. The second-order valence-corrected chi connectivity index (χ2v) is 9.97. The van der Waals surface area contributed by atoms with Crippen molar-refractivity contribution in [1.29, 1.82) is 0 Å². The number of nitrogens with zero attached hydrogens (tertiary/aromatic N) is 3. The minimum atomic E-state index is -0.392. The number of rotatable bonds is 10. The van der Waals surface area contributed by atoms with Gasteiger partial charge in [-0.25, -0.2) is 0 Å². The Hall–Kier alpha value is -3.13. The normalized spacial score (nSPS) is 11.9. The number of thioether (sulfide) groups is 1. The Morgan fingerprint density at radius 2 is 1.78 bits per heavy atom. The van der Waals surface area contributed by atoms with E-state index in [2.05, 4.69) is 34.6 Å². The van der Waals surface area contributed by atoms with Crippen molar-refractivity contribution in [1.82, 2.24) is 20.1 Å². The fourth-order valence-corrected chi connectivity index (χ4v) is 5.00. The first-order chi connectivity index (χ1) is 17.4. The van der Waals surface area contributed by atoms with Crippen LogP contribution in [0.4, 0.5) is 0 Å². The lowest BCUT2D eigenvalue weighted by Gasteiger charge is -2.18. The number of amides is 1. The molecule has 0 saturated carbocycles. The van der Waals surface area contributed by atoms with Gasteiger partial charge < -0.3 is 10.1 Å². The van der Waals surface area contributed by atoms with Gasteiger partial charge in [0.1, 0.15) is 6.61 Å². The highest BCUT2D eigenvalue weighted by Crippen LogP contribution is 2.31. The van der Waals surface area contributed by atoms with Crippen LogP contribution in [0.15, 0.2) is 78.0 Å². The maximum atomic E-state index is 12.6. The van der Waals surface area contributed by atoms with Crippen molar-refractivity contribution in [2.24, 2.45) is 0 Å². The summed E-state index contributed by atoms with van der Waals surface area (Å²) >= 11 is 7.96. The summed E-state index contributed by atoms with van der Waals surface area (Å²) < 4.78 is 7.58. The maximum Gasteiger partial charge on any atom is 0.246 e. The Balaban J connectivity index is 1.52. The van der Waals surface area contributed by atoms with Crippen molar-refractivity contribution in [3.05, 3.63) is 106 Å². The van der Waals surface area contributed by atoms with Crippen LogP contribution in [0.2, 0.25) is 5.02 Å². The molecule has 0 aliphatic carbocycles. The van der Waals surface area contributed by atoms with Crippen LogP contribution in [-0.2, 0) is 21.9 Å². The molecule has 0 aliphatic heterocycles. The molecule has 4 rings (SSSR count). The van der Waals surface area contributed by atoms with Crippen LogP contribution < -0.4 is 5.32 Å². The lowest BCUT2D eigenvalue weighted by molar-refractivity contribution is -0.126. The molecule has 4 aromatic rings. The number of carbonyl (C=O) groups is 1. The molecule has 186 valence electrons. The number of ether oxygens (including phenoxy) is 1. The molecule has 1 unspecified atom stereocenters. The van der Waals surface area contributed by atoms with Gasteiger partial charge in [0.25, 0.3) is 0 Å². The molecule has 1 heterocycles. The first-order valence-electron chi connectivity index (χ1n) is 11.7. The maximum absolute atomic E-state index is 12.6. The lowest BCUT2D eigenvalue weighted by atomic mass is 10.1. The van der Waals surface area contributed by atoms with Crippen molar-refractivity contribution in [3.8, 4) is 5.69 Å². The van der Waals surface area contributed by atoms with Gasteiger partial charge in [0, 0.05) is 10.8 Å². The molecule has 36 heavy (non-hydrogen) atoms. The first kappa shape index (κ1) is 25.9. The predicted octanol–water partition coefficient (Wildman–Crippen LogP) is 6.22. The summed E-state index contributed by atoms with van der Waals surface area (Å²) in [5, 5.41) is 13.3. The minimum Gasteiger partial charge on any atom is -0.367 e. The van der Waals surface area contributed by atoms with Crippen LogP contribution in [0.5, 0.6) is 0 Å². The smallest absolute Gasteiger partial charge is 0.246 e. The highest BCUT2D eigenvalue weighted by Gasteiger charge is 2.22. The average Bonchev–Trinajstić information content (AvgIpc) is 3.29. The molecule has 0 saturated heterocycles. The summed E-state index contributed by atoms with van der Waals surface area (Å²) in [6.07, 6.45) is 0. The minimum absolute atomic E-state index is 0.0432. The van der Waals surface area contributed by atoms with Crippen LogP contribution in [0, 0.1) is 13.8 Å². The number of aryl methyl sites for hydroxylation is 2. The van der Waals surface area contributed by atoms with E-state index in [1.54, 1.807) is 11.8 Å². The Labute approximate surface area is 221 Å². The molecule has 1 N–H and O–H groups in total. The van der Waals surface area contributed by atoms with E-state index in [4.69, 9.17) is 16.3 Å². The van der Waals surface area contributed by atoms with Gasteiger partial charge in [-0.2, -0.15) is 0 Å². The van der Waals surface area contributed by atoms with E-state index in [1.807, 2.05) is 79.1 Å². The standard InChI is InChI=1S/C28H29ClN4O2S/c1-19-9-7-8-12-23(19)18-36-28-32-31-27(33(28)25-15-24(29)14-13-20(25)2)21(3)30-26(34)17-35-16-22-10-5-4-6-11-22/h4-15,21H,16-18H2,1-3H3,(H,30,34). The molecule has 8 heteroatoms. The van der Waals surface area contributed by atoms with Crippen LogP contribution in [0.3, 0.4) is 0 Å². The van der Waals surface area contributed by atoms with Gasteiger partial charge in [0.2, 0.25) is 5.91 Å². The van der Waals surface area contributed by atoms with Gasteiger partial charge >= 0.3 is 0 Å². The topological polar surface area (TPSA) is 69.0 Å². The van der Waals surface area contributed by atoms with E-state index in [9.17, 15) is 4.79 Å². The summed E-state index contributed by atoms with van der Waals surface area (Å²) in [5.41, 5.74) is 5.40. The highest BCUT2D eigenvalue weighted by molar-refractivity contribution is 7.98. The second kappa shape index (κ2) is 12.2. The summed E-state index contributed by atoms with van der Waals surface area (Å²) in [7, 11) is 0. The fourth-order valence-electron chi connectivity index (χ4n) is 3.80. The van der Waals surface area contributed by atoms with E-state index < -0.39 is 6.04 Å². The highest BCUT2D eigenvalue weighted by atomic mass is 35.5. The van der Waals surface area contributed by atoms with Gasteiger partial charge in [-0.15, -0.1) is 10.2 Å². The van der Waals surface area contributed by atoms with Gasteiger partial charge in [-0.1, -0.05) is 84.0 Å². The van der Waals surface area contributed by atoms with E-state index >= 15 is 0 Å². The van der Waals surface area contributed by atoms with E-state index in [1.165, 1.54) is 11.1 Å². The molecule has 1 aromatic heterocycles. The second-order valence-electron chi connectivity index (χ2n) is 8.59. The summed E-state index contributed by atoms with van der Waals surface area (Å²) in [5.74, 6) is 1.16. The number of carbonyl (C=O) groups excluding carboxylic acids is 1. The van der Waals surface area contributed by atoms with Crippen molar-refractivity contribution >= 4 is 29.3 Å². The molecule has 1 amide bonds. The summed E-state index contributed by atoms with van der Waals surface area (Å²) in [4.78, 5) is 12.6. The SMILES string of the molecule is Cc1ccccc1CSc1nnc(C(C)NC(=O)COCc2ccccc2)n1-c1cc(Cl)ccc1C. The quantitative estimate of drug-likeness (QED) is 0.251. The number of halogens is 1. The molecule has 1 atom stereocenters. The summed E-state index contributed by atoms with van der Waals surface area (Å²) in [6, 6.07) is 23.4. The number of aromatic nitrogens is 3. The van der Waals surface area contributed by atoms with Crippen molar-refractivity contribution in [2.45, 2.75) is 44.3 Å². The Kier molecular flexibility index (Phi) is 8.80. The third kappa shape index (κ3) is 6.55. The van der Waals surface area contributed by atoms with Crippen molar-refractivity contribution in [3.63, 3.8) is 0 Å². The zero-order valence-electron chi connectivity index (χ0n) is 20.6. The van der Waals surface area contributed by atoms with E-state index in [0.29, 0.717) is 17.5 Å². The number of hydrogen-bond donors (Lipinski definition) is 1. The molecule has 3 aromatic carbocycles. The predicted molar refractivity (Wildman–Crippen MR) is 145 cm³/mol. The van der Waals surface area contributed by atoms with Gasteiger partial charge in [-0.3, -0.25) is 9.36 Å². The molecule has 6 nitrogen and oxygen atoms in total. The van der Waals surface area contributed by atoms with Crippen LogP contribution in [0.1, 0.15) is 41.0 Å². The van der Waals surface area contributed by atoms with E-state index in [-0.39, 0.29) is 12.5 Å². The molecule has 0 spiro atoms. The number of benzene rings is 3. The Morgan fingerprint density at radius 3 is 2.56 bits per heavy atom. The number of nitrogens with one attached hydrogen (secondary N) is 1. The Morgan fingerprint density at radius 1 is 1.03 bits per heavy atom. The molecule has 0 bridgehead atoms. The zero-order valence-corrected chi connectivity index (χ0v) is 22.1. The lowest BCUT2D eigenvalue weighted by Crippen LogP contribution is -2.31. The zero-order chi connectivity index (χ0) is 25.5. The third-order valence-corrected chi connectivity index (χ3v) is 7.01. The van der Waals surface area contributed by atoms with Gasteiger partial charge in [-0.05, 0) is 55.2 Å². The van der Waals surface area contributed by atoms with Crippen LogP contribution in [-0.4, -0.2) is 27.3 Å². The largest absolute Gasteiger partial charge is 0.367 e. The molecular weight excluding hydrogens is 492 g/mol. The first-order valence-corrected chi connectivity index (χ1v) is 13.1. The van der Waals surface area contributed by atoms with Gasteiger partial charge in [0.05, 0.1) is 18.3 Å². The molecule has 0 aliphatic rings. The summed E-state index contributed by atoms with van der Waals surface area (Å²) in [6.45, 7) is 6.35. The van der Waals surface area contributed by atoms with Crippen LogP contribution >= 0.6 is 23.4 Å².